The van der Waals surface area contributed by atoms with Gasteiger partial charge < -0.3 is 0 Å². The SMILES string of the molecule is CC1CCC(C#N)(Cc2cc(Br)cs2)CC1. The minimum atomic E-state index is -0.0865. The van der Waals surface area contributed by atoms with Gasteiger partial charge in [-0.15, -0.1) is 11.3 Å². The average Bonchev–Trinajstić information content (AvgIpc) is 2.68. The van der Waals surface area contributed by atoms with Crippen molar-refractivity contribution in [3.05, 3.63) is 20.8 Å². The molecule has 0 saturated heterocycles. The number of halogens is 1. The highest BCUT2D eigenvalue weighted by Crippen LogP contribution is 2.42. The molecule has 1 aliphatic carbocycles. The quantitative estimate of drug-likeness (QED) is 0.771. The molecule has 0 aliphatic heterocycles. The molecule has 0 amide bonds. The smallest absolute Gasteiger partial charge is 0.0693 e. The Bertz CT molecular complexity index is 396. The fraction of sp³-hybridized carbons (Fsp3) is 0.615. The first kappa shape index (κ1) is 12.1. The van der Waals surface area contributed by atoms with Gasteiger partial charge in [-0.2, -0.15) is 5.26 Å². The van der Waals surface area contributed by atoms with Gasteiger partial charge in [0.05, 0.1) is 11.5 Å². The first-order valence-corrected chi connectivity index (χ1v) is 7.45. The molecule has 0 spiro atoms. The lowest BCUT2D eigenvalue weighted by Crippen LogP contribution is -2.27. The Hall–Kier alpha value is -0.330. The normalized spacial score (nSPS) is 29.9. The van der Waals surface area contributed by atoms with E-state index in [4.69, 9.17) is 0 Å². The molecule has 1 fully saturated rings. The lowest BCUT2D eigenvalue weighted by atomic mass is 9.70. The summed E-state index contributed by atoms with van der Waals surface area (Å²) >= 11 is 5.23. The molecule has 1 aromatic rings. The summed E-state index contributed by atoms with van der Waals surface area (Å²) in [5, 5.41) is 11.5. The second-order valence-corrected chi connectivity index (χ2v) is 6.89. The predicted molar refractivity (Wildman–Crippen MR) is 71.4 cm³/mol. The third-order valence-corrected chi connectivity index (χ3v) is 5.30. The molecule has 1 aromatic heterocycles. The molecule has 0 bridgehead atoms. The molecule has 1 aliphatic rings. The summed E-state index contributed by atoms with van der Waals surface area (Å²) in [7, 11) is 0. The zero-order chi connectivity index (χ0) is 11.6. The Labute approximate surface area is 110 Å². The van der Waals surface area contributed by atoms with Gasteiger partial charge in [0.1, 0.15) is 0 Å². The van der Waals surface area contributed by atoms with Gasteiger partial charge in [0.15, 0.2) is 0 Å². The molecular weight excluding hydrogens is 282 g/mol. The van der Waals surface area contributed by atoms with E-state index in [9.17, 15) is 5.26 Å². The van der Waals surface area contributed by atoms with Crippen molar-refractivity contribution in [2.24, 2.45) is 11.3 Å². The number of nitrogens with zero attached hydrogens (tertiary/aromatic N) is 1. The Kier molecular flexibility index (Phi) is 3.71. The van der Waals surface area contributed by atoms with E-state index in [0.29, 0.717) is 0 Å². The van der Waals surface area contributed by atoms with Gasteiger partial charge >= 0.3 is 0 Å². The van der Waals surface area contributed by atoms with Crippen LogP contribution in [0.5, 0.6) is 0 Å². The summed E-state index contributed by atoms with van der Waals surface area (Å²) in [6.07, 6.45) is 5.49. The maximum absolute atomic E-state index is 9.44. The summed E-state index contributed by atoms with van der Waals surface area (Å²) in [4.78, 5) is 1.34. The van der Waals surface area contributed by atoms with Crippen LogP contribution in [0.4, 0.5) is 0 Å². The number of rotatable bonds is 2. The van der Waals surface area contributed by atoms with Crippen LogP contribution in [0, 0.1) is 22.7 Å². The van der Waals surface area contributed by atoms with E-state index in [1.165, 1.54) is 17.7 Å². The third-order valence-electron chi connectivity index (χ3n) is 3.60. The van der Waals surface area contributed by atoms with Crippen LogP contribution in [0.3, 0.4) is 0 Å². The van der Waals surface area contributed by atoms with Gasteiger partial charge in [0.25, 0.3) is 0 Å². The minimum Gasteiger partial charge on any atom is -0.198 e. The highest BCUT2D eigenvalue weighted by molar-refractivity contribution is 9.10. The zero-order valence-electron chi connectivity index (χ0n) is 9.50. The van der Waals surface area contributed by atoms with Crippen LogP contribution in [-0.4, -0.2) is 0 Å². The minimum absolute atomic E-state index is 0.0865. The average molecular weight is 298 g/mol. The van der Waals surface area contributed by atoms with Crippen molar-refractivity contribution in [1.82, 2.24) is 0 Å². The molecule has 0 radical (unpaired) electrons. The Morgan fingerprint density at radius 3 is 2.75 bits per heavy atom. The second-order valence-electron chi connectivity index (χ2n) is 4.98. The van der Waals surface area contributed by atoms with Gasteiger partial charge in [0.2, 0.25) is 0 Å². The fourth-order valence-electron chi connectivity index (χ4n) is 2.42. The fourth-order valence-corrected chi connectivity index (χ4v) is 4.02. The Balaban J connectivity index is 2.08. The number of hydrogen-bond donors (Lipinski definition) is 0. The van der Waals surface area contributed by atoms with Crippen molar-refractivity contribution < 1.29 is 0 Å². The van der Waals surface area contributed by atoms with E-state index in [1.807, 2.05) is 0 Å². The Morgan fingerprint density at radius 2 is 2.25 bits per heavy atom. The topological polar surface area (TPSA) is 23.8 Å². The van der Waals surface area contributed by atoms with E-state index in [-0.39, 0.29) is 5.41 Å². The van der Waals surface area contributed by atoms with Crippen LogP contribution in [0.1, 0.15) is 37.5 Å². The molecule has 1 heterocycles. The molecule has 86 valence electrons. The Morgan fingerprint density at radius 1 is 1.56 bits per heavy atom. The van der Waals surface area contributed by atoms with Crippen molar-refractivity contribution in [3.63, 3.8) is 0 Å². The number of thiophene rings is 1. The van der Waals surface area contributed by atoms with Gasteiger partial charge in [-0.05, 0) is 53.6 Å². The van der Waals surface area contributed by atoms with Crippen LogP contribution in [0.25, 0.3) is 0 Å². The van der Waals surface area contributed by atoms with Crippen LogP contribution in [0.2, 0.25) is 0 Å². The van der Waals surface area contributed by atoms with Crippen molar-refractivity contribution in [2.75, 3.05) is 0 Å². The molecule has 1 saturated carbocycles. The predicted octanol–water partition coefficient (Wildman–Crippen LogP) is 4.77. The van der Waals surface area contributed by atoms with Crippen molar-refractivity contribution >= 4 is 27.3 Å². The highest BCUT2D eigenvalue weighted by Gasteiger charge is 2.34. The van der Waals surface area contributed by atoms with E-state index < -0.39 is 0 Å². The second kappa shape index (κ2) is 4.89. The largest absolute Gasteiger partial charge is 0.198 e. The summed E-state index contributed by atoms with van der Waals surface area (Å²) in [5.41, 5.74) is -0.0865. The molecule has 2 rings (SSSR count). The lowest BCUT2D eigenvalue weighted by molar-refractivity contribution is 0.220. The first-order chi connectivity index (χ1) is 7.63. The third kappa shape index (κ3) is 2.67. The zero-order valence-corrected chi connectivity index (χ0v) is 11.9. The summed E-state index contributed by atoms with van der Waals surface area (Å²) < 4.78 is 1.14. The van der Waals surface area contributed by atoms with Crippen molar-refractivity contribution in [3.8, 4) is 6.07 Å². The number of nitriles is 1. The molecular formula is C13H16BrNS. The standard InChI is InChI=1S/C13H16BrNS/c1-10-2-4-13(9-15,5-3-10)7-12-6-11(14)8-16-12/h6,8,10H,2-5,7H2,1H3. The van der Waals surface area contributed by atoms with Crippen molar-refractivity contribution in [2.45, 2.75) is 39.0 Å². The molecule has 0 unspecified atom stereocenters. The maximum Gasteiger partial charge on any atom is 0.0693 e. The van der Waals surface area contributed by atoms with Gasteiger partial charge in [0, 0.05) is 21.2 Å². The first-order valence-electron chi connectivity index (χ1n) is 5.78. The van der Waals surface area contributed by atoms with Crippen molar-refractivity contribution in [1.29, 1.82) is 5.26 Å². The van der Waals surface area contributed by atoms with Gasteiger partial charge in [-0.3, -0.25) is 0 Å². The number of hydrogen-bond acceptors (Lipinski definition) is 2. The van der Waals surface area contributed by atoms with Crippen LogP contribution in [0.15, 0.2) is 15.9 Å². The maximum atomic E-state index is 9.44. The molecule has 0 N–H and O–H groups in total. The highest BCUT2D eigenvalue weighted by atomic mass is 79.9. The van der Waals surface area contributed by atoms with Crippen LogP contribution >= 0.6 is 27.3 Å². The summed E-state index contributed by atoms with van der Waals surface area (Å²) in [6.45, 7) is 2.29. The van der Waals surface area contributed by atoms with Gasteiger partial charge in [-0.1, -0.05) is 6.92 Å². The monoisotopic (exact) mass is 297 g/mol. The van der Waals surface area contributed by atoms with E-state index in [2.05, 4.69) is 40.4 Å². The molecule has 0 aromatic carbocycles. The summed E-state index contributed by atoms with van der Waals surface area (Å²) in [5.74, 6) is 0.802. The van der Waals surface area contributed by atoms with Gasteiger partial charge in [-0.25, -0.2) is 0 Å². The van der Waals surface area contributed by atoms with E-state index in [1.54, 1.807) is 11.3 Å². The van der Waals surface area contributed by atoms with E-state index >= 15 is 0 Å². The van der Waals surface area contributed by atoms with E-state index in [0.717, 1.165) is 29.7 Å². The van der Waals surface area contributed by atoms with Crippen LogP contribution in [-0.2, 0) is 6.42 Å². The lowest BCUT2D eigenvalue weighted by Gasteiger charge is -2.33. The molecule has 1 nitrogen and oxygen atoms in total. The molecule has 16 heavy (non-hydrogen) atoms. The summed E-state index contributed by atoms with van der Waals surface area (Å²) in [6, 6.07) is 4.74. The molecule has 3 heteroatoms. The van der Waals surface area contributed by atoms with Crippen LogP contribution < -0.4 is 0 Å². The molecule has 0 atom stereocenters.